The third kappa shape index (κ3) is 1.25. The van der Waals surface area contributed by atoms with Gasteiger partial charge in [-0.1, -0.05) is 24.3 Å². The van der Waals surface area contributed by atoms with E-state index in [0.29, 0.717) is 5.69 Å². The van der Waals surface area contributed by atoms with Gasteiger partial charge < -0.3 is 0 Å². The molecule has 62 valence electrons. The zero-order valence-corrected chi connectivity index (χ0v) is 7.28. The molecule has 0 saturated heterocycles. The van der Waals surface area contributed by atoms with Crippen molar-refractivity contribution in [3.63, 3.8) is 0 Å². The van der Waals surface area contributed by atoms with Crippen LogP contribution < -0.4 is 0 Å². The van der Waals surface area contributed by atoms with Crippen LogP contribution in [-0.4, -0.2) is 4.98 Å². The number of pyridine rings is 1. The van der Waals surface area contributed by atoms with Gasteiger partial charge in [0.2, 0.25) is 5.69 Å². The van der Waals surface area contributed by atoms with Crippen LogP contribution in [0.2, 0.25) is 0 Å². The van der Waals surface area contributed by atoms with E-state index in [4.69, 9.17) is 6.57 Å². The first-order valence-corrected chi connectivity index (χ1v) is 4.05. The van der Waals surface area contributed by atoms with E-state index in [2.05, 4.69) is 9.83 Å². The van der Waals surface area contributed by atoms with Crippen LogP contribution in [0.15, 0.2) is 30.3 Å². The Labute approximate surface area is 76.7 Å². The summed E-state index contributed by atoms with van der Waals surface area (Å²) in [6.45, 7) is 8.91. The molecule has 0 radical (unpaired) electrons. The molecular weight excluding hydrogens is 160 g/mol. The van der Waals surface area contributed by atoms with Crippen molar-refractivity contribution in [2.24, 2.45) is 0 Å². The third-order valence-electron chi connectivity index (χ3n) is 1.96. The maximum atomic E-state index is 6.98. The van der Waals surface area contributed by atoms with E-state index in [-0.39, 0.29) is 0 Å². The van der Waals surface area contributed by atoms with Crippen LogP contribution in [0.3, 0.4) is 0 Å². The number of aryl methyl sites for hydroxylation is 1. The number of hydrogen-bond acceptors (Lipinski definition) is 1. The van der Waals surface area contributed by atoms with E-state index >= 15 is 0 Å². The molecule has 0 aliphatic rings. The molecule has 0 bridgehead atoms. The van der Waals surface area contributed by atoms with Crippen molar-refractivity contribution in [1.29, 1.82) is 0 Å². The summed E-state index contributed by atoms with van der Waals surface area (Å²) in [6, 6.07) is 9.59. The second-order valence-corrected chi connectivity index (χ2v) is 2.91. The minimum atomic E-state index is 0.626. The van der Waals surface area contributed by atoms with Crippen LogP contribution in [-0.2, 0) is 0 Å². The molecule has 0 amide bonds. The molecule has 13 heavy (non-hydrogen) atoms. The maximum Gasteiger partial charge on any atom is 0.212 e. The summed E-state index contributed by atoms with van der Waals surface area (Å²) in [4.78, 5) is 7.76. The summed E-state index contributed by atoms with van der Waals surface area (Å²) < 4.78 is 0. The number of fused-ring (bicyclic) bond motifs is 1. The van der Waals surface area contributed by atoms with Crippen molar-refractivity contribution in [3.05, 3.63) is 47.4 Å². The number of benzene rings is 1. The molecular formula is C11H8N2. The normalized spacial score (nSPS) is 9.85. The molecule has 1 aromatic carbocycles. The number of nitrogens with zero attached hydrogens (tertiary/aromatic N) is 2. The summed E-state index contributed by atoms with van der Waals surface area (Å²) in [7, 11) is 0. The first kappa shape index (κ1) is 7.75. The van der Waals surface area contributed by atoms with Crippen LogP contribution in [0, 0.1) is 13.5 Å². The van der Waals surface area contributed by atoms with Crippen LogP contribution in [0.4, 0.5) is 5.69 Å². The molecule has 0 aliphatic heterocycles. The molecule has 2 aromatic rings. The van der Waals surface area contributed by atoms with Gasteiger partial charge in [0.25, 0.3) is 0 Å². The summed E-state index contributed by atoms with van der Waals surface area (Å²) in [5.41, 5.74) is 2.38. The largest absolute Gasteiger partial charge is 0.265 e. The molecule has 0 fully saturated rings. The van der Waals surface area contributed by atoms with Crippen molar-refractivity contribution >= 4 is 16.6 Å². The van der Waals surface area contributed by atoms with Gasteiger partial charge >= 0.3 is 0 Å². The van der Waals surface area contributed by atoms with E-state index in [9.17, 15) is 0 Å². The van der Waals surface area contributed by atoms with Gasteiger partial charge in [-0.05, 0) is 18.4 Å². The molecule has 1 aromatic heterocycles. The predicted octanol–water partition coefficient (Wildman–Crippen LogP) is 3.09. The molecule has 0 aliphatic carbocycles. The van der Waals surface area contributed by atoms with Crippen molar-refractivity contribution in [2.75, 3.05) is 0 Å². The highest BCUT2D eigenvalue weighted by atomic mass is 14.8. The molecule has 2 nitrogen and oxygen atoms in total. The highest BCUT2D eigenvalue weighted by Gasteiger charge is 2.00. The fourth-order valence-electron chi connectivity index (χ4n) is 1.32. The zero-order valence-electron chi connectivity index (χ0n) is 7.28. The molecule has 1 heterocycles. The highest BCUT2D eigenvalue weighted by molar-refractivity contribution is 5.90. The fourth-order valence-corrected chi connectivity index (χ4v) is 1.32. The Kier molecular flexibility index (Phi) is 1.71. The van der Waals surface area contributed by atoms with E-state index in [0.717, 1.165) is 16.6 Å². The quantitative estimate of drug-likeness (QED) is 0.552. The second-order valence-electron chi connectivity index (χ2n) is 2.91. The van der Waals surface area contributed by atoms with Crippen molar-refractivity contribution in [2.45, 2.75) is 6.92 Å². The molecule has 0 atom stereocenters. The summed E-state index contributed by atoms with van der Waals surface area (Å²) in [6.07, 6.45) is 0. The Morgan fingerprint density at radius 1 is 1.23 bits per heavy atom. The van der Waals surface area contributed by atoms with E-state index < -0.39 is 0 Å². The van der Waals surface area contributed by atoms with Crippen LogP contribution in [0.25, 0.3) is 15.7 Å². The van der Waals surface area contributed by atoms with Gasteiger partial charge in [-0.15, -0.1) is 0 Å². The number of rotatable bonds is 0. The van der Waals surface area contributed by atoms with Gasteiger partial charge in [0.1, 0.15) is 0 Å². The minimum Gasteiger partial charge on any atom is -0.265 e. The van der Waals surface area contributed by atoms with Crippen molar-refractivity contribution in [3.8, 4) is 0 Å². The minimum absolute atomic E-state index is 0.626. The summed E-state index contributed by atoms with van der Waals surface area (Å²) in [5, 5.41) is 1.03. The Morgan fingerprint density at radius 3 is 2.85 bits per heavy atom. The van der Waals surface area contributed by atoms with E-state index in [1.54, 1.807) is 6.07 Å². The summed E-state index contributed by atoms with van der Waals surface area (Å²) in [5.74, 6) is 0. The SMILES string of the molecule is [C-]#[N+]c1cccc2ccc(C)nc12. The number of hydrogen-bond donors (Lipinski definition) is 0. The van der Waals surface area contributed by atoms with Gasteiger partial charge in [-0.25, -0.2) is 4.85 Å². The molecule has 0 saturated carbocycles. The van der Waals surface area contributed by atoms with Gasteiger partial charge in [-0.3, -0.25) is 4.98 Å². The Morgan fingerprint density at radius 2 is 2.08 bits per heavy atom. The van der Waals surface area contributed by atoms with Crippen LogP contribution in [0.5, 0.6) is 0 Å². The van der Waals surface area contributed by atoms with Crippen LogP contribution >= 0.6 is 0 Å². The molecule has 0 spiro atoms. The molecule has 2 rings (SSSR count). The van der Waals surface area contributed by atoms with Crippen molar-refractivity contribution in [1.82, 2.24) is 4.98 Å². The molecule has 0 unspecified atom stereocenters. The average Bonchev–Trinajstić information content (AvgIpc) is 2.17. The monoisotopic (exact) mass is 168 g/mol. The van der Waals surface area contributed by atoms with Gasteiger partial charge in [0.15, 0.2) is 0 Å². The van der Waals surface area contributed by atoms with Gasteiger partial charge in [0, 0.05) is 5.69 Å². The Hall–Kier alpha value is -1.88. The lowest BCUT2D eigenvalue weighted by molar-refractivity contribution is 1.26. The third-order valence-corrected chi connectivity index (χ3v) is 1.96. The topological polar surface area (TPSA) is 17.2 Å². The average molecular weight is 168 g/mol. The standard InChI is InChI=1S/C11H8N2/c1-8-6-7-9-4-3-5-10(12-2)11(9)13-8/h3-7H,1H3. The van der Waals surface area contributed by atoms with Gasteiger partial charge in [-0.2, -0.15) is 0 Å². The highest BCUT2D eigenvalue weighted by Crippen LogP contribution is 2.23. The van der Waals surface area contributed by atoms with E-state index in [1.165, 1.54) is 0 Å². The zero-order chi connectivity index (χ0) is 9.26. The molecule has 0 N–H and O–H groups in total. The lowest BCUT2D eigenvalue weighted by Gasteiger charge is -1.99. The second kappa shape index (κ2) is 2.87. The lowest BCUT2D eigenvalue weighted by Crippen LogP contribution is -1.82. The number of aromatic nitrogens is 1. The smallest absolute Gasteiger partial charge is 0.212 e. The number of para-hydroxylation sites is 1. The maximum absolute atomic E-state index is 6.98. The first-order valence-electron chi connectivity index (χ1n) is 4.05. The van der Waals surface area contributed by atoms with Crippen LogP contribution in [0.1, 0.15) is 5.69 Å². The summed E-state index contributed by atoms with van der Waals surface area (Å²) >= 11 is 0. The lowest BCUT2D eigenvalue weighted by atomic mass is 10.2. The van der Waals surface area contributed by atoms with Crippen molar-refractivity contribution < 1.29 is 0 Å². The molecule has 2 heteroatoms. The van der Waals surface area contributed by atoms with Gasteiger partial charge in [0.05, 0.1) is 12.1 Å². The first-order chi connectivity index (χ1) is 6.31. The fraction of sp³-hybridized carbons (Fsp3) is 0.0909. The predicted molar refractivity (Wildman–Crippen MR) is 52.7 cm³/mol. The Balaban J connectivity index is 2.89. The Bertz CT molecular complexity index is 495. The van der Waals surface area contributed by atoms with E-state index in [1.807, 2.05) is 31.2 Å².